The minimum Gasteiger partial charge on any atom is -0.507 e. The number of hydrogen-bond donors (Lipinski definition) is 3. The summed E-state index contributed by atoms with van der Waals surface area (Å²) in [6.07, 6.45) is 5.41. The van der Waals surface area contributed by atoms with Gasteiger partial charge in [0.25, 0.3) is 5.91 Å². The van der Waals surface area contributed by atoms with E-state index < -0.39 is 10.0 Å². The molecule has 1 aliphatic rings. The van der Waals surface area contributed by atoms with E-state index in [9.17, 15) is 18.3 Å². The van der Waals surface area contributed by atoms with Gasteiger partial charge in [0.1, 0.15) is 5.75 Å². The minimum atomic E-state index is -3.18. The Morgan fingerprint density at radius 2 is 1.77 bits per heavy atom. The monoisotopic (exact) mass is 445 g/mol. The fourth-order valence-corrected chi connectivity index (χ4v) is 3.45. The first-order valence-electron chi connectivity index (χ1n) is 10.1. The van der Waals surface area contributed by atoms with Crippen LogP contribution in [0.4, 0.5) is 11.4 Å². The molecular weight excluding hydrogens is 414 g/mol. The van der Waals surface area contributed by atoms with Gasteiger partial charge in [-0.25, -0.2) is 8.42 Å². The van der Waals surface area contributed by atoms with Gasteiger partial charge in [-0.2, -0.15) is 0 Å². The highest BCUT2D eigenvalue weighted by molar-refractivity contribution is 7.94. The molecule has 2 aromatic rings. The number of nitrogens with zero attached hydrogens (tertiary/aromatic N) is 1. The van der Waals surface area contributed by atoms with E-state index in [-0.39, 0.29) is 17.4 Å². The molecule has 0 radical (unpaired) electrons. The summed E-state index contributed by atoms with van der Waals surface area (Å²) in [5.41, 5.74) is 1.66. The fraction of sp³-hybridized carbons (Fsp3) is 0.304. The lowest BCUT2D eigenvalue weighted by Crippen LogP contribution is -2.47. The van der Waals surface area contributed by atoms with Crippen molar-refractivity contribution in [3.63, 3.8) is 0 Å². The first kappa shape index (κ1) is 25.9. The number of anilines is 2. The molecule has 1 saturated heterocycles. The Labute approximate surface area is 185 Å². The molecule has 0 unspecified atom stereocenters. The van der Waals surface area contributed by atoms with Crippen molar-refractivity contribution in [1.29, 1.82) is 5.41 Å². The first-order chi connectivity index (χ1) is 14.7. The standard InChI is InChI=1S/C16H15N3O4S.C4H10.C3H6/c17-10-12-1-4-13(9-15(12)20)18-16(21)11-2-5-14(6-3-11)19-7-8-24(19,22)23;1-3-4-2;1-3-2/h1-6,9-10,17,20H,7-8H2,(H,18,21);3-4H2,1-2H3;3H,1H2,2H3. The van der Waals surface area contributed by atoms with E-state index in [4.69, 9.17) is 5.41 Å². The summed E-state index contributed by atoms with van der Waals surface area (Å²) in [6.45, 7) is 10.1. The Balaban J connectivity index is 0.000000604. The van der Waals surface area contributed by atoms with E-state index >= 15 is 0 Å². The Hall–Kier alpha value is -3.13. The van der Waals surface area contributed by atoms with Gasteiger partial charge in [0.2, 0.25) is 10.0 Å². The topological polar surface area (TPSA) is 111 Å². The number of unbranched alkanes of at least 4 members (excludes halogenated alkanes) is 1. The van der Waals surface area contributed by atoms with Crippen LogP contribution in [0, 0.1) is 5.41 Å². The molecule has 2 aromatic carbocycles. The van der Waals surface area contributed by atoms with Gasteiger partial charge in [0.05, 0.1) is 11.4 Å². The summed E-state index contributed by atoms with van der Waals surface area (Å²) >= 11 is 0. The van der Waals surface area contributed by atoms with Crippen molar-refractivity contribution in [1.82, 2.24) is 0 Å². The second kappa shape index (κ2) is 12.5. The second-order valence-corrected chi connectivity index (χ2v) is 8.73. The van der Waals surface area contributed by atoms with Gasteiger partial charge in [-0.3, -0.25) is 9.10 Å². The van der Waals surface area contributed by atoms with Crippen molar-refractivity contribution >= 4 is 33.5 Å². The molecule has 1 aliphatic heterocycles. The average Bonchev–Trinajstić information content (AvgIpc) is 2.74. The van der Waals surface area contributed by atoms with Crippen LogP contribution in [-0.2, 0) is 10.0 Å². The summed E-state index contributed by atoms with van der Waals surface area (Å²) in [6, 6.07) is 10.7. The van der Waals surface area contributed by atoms with Crippen LogP contribution in [0.2, 0.25) is 0 Å². The molecule has 7 nitrogen and oxygen atoms in total. The number of amides is 1. The lowest BCUT2D eigenvalue weighted by atomic mass is 10.1. The van der Waals surface area contributed by atoms with Crippen LogP contribution in [0.25, 0.3) is 0 Å². The molecule has 1 amide bonds. The highest BCUT2D eigenvalue weighted by Gasteiger charge is 2.32. The number of aromatic hydroxyl groups is 1. The first-order valence-corrected chi connectivity index (χ1v) is 11.7. The maximum atomic E-state index is 12.2. The van der Waals surface area contributed by atoms with Gasteiger partial charge in [-0.05, 0) is 43.3 Å². The number of rotatable bonds is 5. The van der Waals surface area contributed by atoms with Crippen molar-refractivity contribution in [3.8, 4) is 5.75 Å². The largest absolute Gasteiger partial charge is 0.507 e. The third-order valence-electron chi connectivity index (χ3n) is 4.25. The molecule has 0 saturated carbocycles. The molecule has 3 N–H and O–H groups in total. The molecule has 0 atom stereocenters. The third kappa shape index (κ3) is 7.57. The maximum Gasteiger partial charge on any atom is 0.255 e. The Kier molecular flexibility index (Phi) is 10.5. The fourth-order valence-electron chi connectivity index (χ4n) is 2.35. The van der Waals surface area contributed by atoms with Crippen LogP contribution in [0.3, 0.4) is 0 Å². The van der Waals surface area contributed by atoms with Gasteiger partial charge in [-0.15, -0.1) is 6.58 Å². The Morgan fingerprint density at radius 1 is 1.19 bits per heavy atom. The summed E-state index contributed by atoms with van der Waals surface area (Å²) in [5, 5.41) is 19.4. The van der Waals surface area contributed by atoms with Gasteiger partial charge in [-0.1, -0.05) is 32.8 Å². The van der Waals surface area contributed by atoms with Crippen LogP contribution in [0.15, 0.2) is 55.1 Å². The van der Waals surface area contributed by atoms with Gasteiger partial charge in [0.15, 0.2) is 0 Å². The quantitative estimate of drug-likeness (QED) is 0.454. The average molecular weight is 446 g/mol. The Bertz CT molecular complexity index is 984. The molecule has 31 heavy (non-hydrogen) atoms. The van der Waals surface area contributed by atoms with E-state index in [1.54, 1.807) is 36.4 Å². The van der Waals surface area contributed by atoms with E-state index in [0.29, 0.717) is 29.0 Å². The van der Waals surface area contributed by atoms with E-state index in [1.165, 1.54) is 29.3 Å². The number of nitrogens with one attached hydrogen (secondary N) is 2. The highest BCUT2D eigenvalue weighted by Crippen LogP contribution is 2.25. The molecule has 168 valence electrons. The summed E-state index contributed by atoms with van der Waals surface area (Å²) < 4.78 is 24.4. The minimum absolute atomic E-state index is 0.0962. The number of carbonyl (C=O) groups excluding carboxylic acids is 1. The zero-order chi connectivity index (χ0) is 23.4. The molecule has 0 spiro atoms. The molecular formula is C23H31N3O4S. The SMILES string of the molecule is C=CC.CCCC.N=Cc1ccc(NC(=O)c2ccc(N3CCS3(=O)=O)cc2)cc1O. The van der Waals surface area contributed by atoms with E-state index in [1.807, 2.05) is 6.92 Å². The second-order valence-electron chi connectivity index (χ2n) is 6.72. The zero-order valence-corrected chi connectivity index (χ0v) is 19.1. The maximum absolute atomic E-state index is 12.2. The number of benzene rings is 2. The molecule has 8 heteroatoms. The van der Waals surface area contributed by atoms with Crippen LogP contribution in [-0.4, -0.2) is 37.9 Å². The molecule has 1 heterocycles. The van der Waals surface area contributed by atoms with Crippen molar-refractivity contribution in [2.24, 2.45) is 0 Å². The van der Waals surface area contributed by atoms with Gasteiger partial charge < -0.3 is 15.8 Å². The zero-order valence-electron chi connectivity index (χ0n) is 18.3. The van der Waals surface area contributed by atoms with Crippen molar-refractivity contribution < 1.29 is 18.3 Å². The molecule has 1 fully saturated rings. The highest BCUT2D eigenvalue weighted by atomic mass is 32.2. The van der Waals surface area contributed by atoms with Crippen LogP contribution >= 0.6 is 0 Å². The van der Waals surface area contributed by atoms with Crippen molar-refractivity contribution in [3.05, 3.63) is 66.2 Å². The lowest BCUT2D eigenvalue weighted by Gasteiger charge is -2.32. The lowest BCUT2D eigenvalue weighted by molar-refractivity contribution is 0.102. The van der Waals surface area contributed by atoms with Crippen molar-refractivity contribution in [2.45, 2.75) is 33.6 Å². The molecule has 3 rings (SSSR count). The van der Waals surface area contributed by atoms with Crippen LogP contribution < -0.4 is 9.62 Å². The number of sulfonamides is 1. The Morgan fingerprint density at radius 3 is 2.16 bits per heavy atom. The molecule has 0 aliphatic carbocycles. The number of hydrogen-bond acceptors (Lipinski definition) is 5. The number of phenols is 1. The molecule has 0 aromatic heterocycles. The normalized spacial score (nSPS) is 13.3. The number of phenolic OH excluding ortho intramolecular Hbond substituents is 1. The smallest absolute Gasteiger partial charge is 0.255 e. The number of allylic oxidation sites excluding steroid dienone is 1. The summed E-state index contributed by atoms with van der Waals surface area (Å²) in [7, 11) is -3.18. The van der Waals surface area contributed by atoms with E-state index in [0.717, 1.165) is 6.21 Å². The predicted molar refractivity (Wildman–Crippen MR) is 128 cm³/mol. The van der Waals surface area contributed by atoms with Crippen molar-refractivity contribution in [2.75, 3.05) is 21.9 Å². The third-order valence-corrected chi connectivity index (χ3v) is 6.01. The number of carbonyl (C=O) groups is 1. The predicted octanol–water partition coefficient (Wildman–Crippen LogP) is 4.79. The van der Waals surface area contributed by atoms with Gasteiger partial charge in [0, 0.05) is 35.6 Å². The summed E-state index contributed by atoms with van der Waals surface area (Å²) in [5.74, 6) is -0.332. The van der Waals surface area contributed by atoms with Crippen LogP contribution in [0.5, 0.6) is 5.75 Å². The van der Waals surface area contributed by atoms with E-state index in [2.05, 4.69) is 25.7 Å². The van der Waals surface area contributed by atoms with Gasteiger partial charge >= 0.3 is 0 Å². The van der Waals surface area contributed by atoms with Crippen LogP contribution in [0.1, 0.15) is 49.5 Å². The molecule has 0 bridgehead atoms. The summed E-state index contributed by atoms with van der Waals surface area (Å²) in [4.78, 5) is 12.2.